The number of hydrogen-bond donors (Lipinski definition) is 2. The minimum Gasteiger partial charge on any atom is -0.497 e. The van der Waals surface area contributed by atoms with Crippen molar-refractivity contribution < 1.29 is 27.9 Å². The molecule has 1 atom stereocenters. The number of amides is 1. The van der Waals surface area contributed by atoms with Gasteiger partial charge < -0.3 is 9.47 Å². The largest absolute Gasteiger partial charge is 0.497 e. The maximum atomic E-state index is 13.5. The number of sulfonamides is 1. The van der Waals surface area contributed by atoms with Gasteiger partial charge in [-0.2, -0.15) is 4.31 Å². The summed E-state index contributed by atoms with van der Waals surface area (Å²) >= 11 is 0. The van der Waals surface area contributed by atoms with E-state index in [1.54, 1.807) is 38.4 Å². The van der Waals surface area contributed by atoms with Crippen LogP contribution in [0.15, 0.2) is 29.2 Å². The van der Waals surface area contributed by atoms with Crippen molar-refractivity contribution in [1.29, 1.82) is 0 Å². The summed E-state index contributed by atoms with van der Waals surface area (Å²) in [6.07, 6.45) is 0.542. The number of ether oxygens (including phenoxy) is 2. The average Bonchev–Trinajstić information content (AvgIpc) is 2.72. The van der Waals surface area contributed by atoms with Crippen molar-refractivity contribution in [3.63, 3.8) is 0 Å². The van der Waals surface area contributed by atoms with E-state index in [1.807, 2.05) is 0 Å². The van der Waals surface area contributed by atoms with Crippen molar-refractivity contribution in [2.45, 2.75) is 38.1 Å². The Morgan fingerprint density at radius 1 is 1.27 bits per heavy atom. The third-order valence-electron chi connectivity index (χ3n) is 5.09. The first-order valence-corrected chi connectivity index (χ1v) is 11.4. The molecule has 0 unspecified atom stereocenters. The predicted molar refractivity (Wildman–Crippen MR) is 112 cm³/mol. The van der Waals surface area contributed by atoms with Gasteiger partial charge in [0.25, 0.3) is 5.91 Å². The van der Waals surface area contributed by atoms with Crippen LogP contribution in [-0.4, -0.2) is 81.3 Å². The lowest BCUT2D eigenvalue weighted by atomic mass is 9.86. The molecule has 1 heterocycles. The highest BCUT2D eigenvalue weighted by Crippen LogP contribution is 2.30. The number of methoxy groups -OCH3 is 1. The van der Waals surface area contributed by atoms with Gasteiger partial charge in [0.05, 0.1) is 25.2 Å². The first kappa shape index (κ1) is 24.5. The van der Waals surface area contributed by atoms with Gasteiger partial charge in [-0.05, 0) is 42.6 Å². The minimum atomic E-state index is -4.00. The Bertz CT molecular complexity index is 786. The SMILES string of the molecule is COc1ccc(S(=O)(=O)N(CCCN2CCOCC2)[C@@H](C(=O)NO)C(C)(C)C)cc1. The maximum Gasteiger partial charge on any atom is 0.262 e. The zero-order chi connectivity index (χ0) is 22.4. The molecule has 170 valence electrons. The topological polar surface area (TPSA) is 108 Å². The smallest absolute Gasteiger partial charge is 0.262 e. The highest BCUT2D eigenvalue weighted by molar-refractivity contribution is 7.89. The number of hydrogen-bond acceptors (Lipinski definition) is 7. The molecular formula is C20H33N3O6S. The van der Waals surface area contributed by atoms with Gasteiger partial charge in [0.2, 0.25) is 10.0 Å². The van der Waals surface area contributed by atoms with Gasteiger partial charge in [-0.3, -0.25) is 14.9 Å². The second-order valence-corrected chi connectivity index (χ2v) is 10.2. The number of hydroxylamine groups is 1. The Hall–Kier alpha value is -1.72. The van der Waals surface area contributed by atoms with Crippen LogP contribution in [0.25, 0.3) is 0 Å². The van der Waals surface area contributed by atoms with Crippen molar-refractivity contribution >= 4 is 15.9 Å². The molecule has 1 saturated heterocycles. The van der Waals surface area contributed by atoms with E-state index in [4.69, 9.17) is 9.47 Å². The van der Waals surface area contributed by atoms with Gasteiger partial charge in [-0.1, -0.05) is 20.8 Å². The number of rotatable bonds is 9. The highest BCUT2D eigenvalue weighted by Gasteiger charge is 2.42. The Balaban J connectivity index is 2.33. The third-order valence-corrected chi connectivity index (χ3v) is 6.97. The molecule has 1 aliphatic rings. The zero-order valence-corrected chi connectivity index (χ0v) is 18.9. The lowest BCUT2D eigenvalue weighted by Gasteiger charge is -2.38. The van der Waals surface area contributed by atoms with E-state index in [-0.39, 0.29) is 11.4 Å². The molecule has 2 rings (SSSR count). The quantitative estimate of drug-likeness (QED) is 0.438. The summed E-state index contributed by atoms with van der Waals surface area (Å²) in [6.45, 7) is 9.05. The number of carbonyl (C=O) groups excluding carboxylic acids is 1. The summed E-state index contributed by atoms with van der Waals surface area (Å²) < 4.78 is 38.7. The van der Waals surface area contributed by atoms with Crippen molar-refractivity contribution in [2.24, 2.45) is 5.41 Å². The molecule has 0 radical (unpaired) electrons. The molecule has 1 fully saturated rings. The van der Waals surface area contributed by atoms with Gasteiger partial charge in [0, 0.05) is 19.6 Å². The average molecular weight is 444 g/mol. The van der Waals surface area contributed by atoms with E-state index in [0.717, 1.165) is 13.1 Å². The summed E-state index contributed by atoms with van der Waals surface area (Å²) in [7, 11) is -2.50. The van der Waals surface area contributed by atoms with Gasteiger partial charge >= 0.3 is 0 Å². The van der Waals surface area contributed by atoms with Crippen LogP contribution in [0.1, 0.15) is 27.2 Å². The fourth-order valence-electron chi connectivity index (χ4n) is 3.56. The monoisotopic (exact) mass is 443 g/mol. The Labute approximate surface area is 179 Å². The maximum absolute atomic E-state index is 13.5. The Morgan fingerprint density at radius 2 is 1.87 bits per heavy atom. The molecule has 2 N–H and O–H groups in total. The first-order valence-electron chi connectivity index (χ1n) is 10.0. The van der Waals surface area contributed by atoms with Crippen LogP contribution in [0.3, 0.4) is 0 Å². The van der Waals surface area contributed by atoms with Crippen LogP contribution in [0.2, 0.25) is 0 Å². The predicted octanol–water partition coefficient (Wildman–Crippen LogP) is 1.33. The van der Waals surface area contributed by atoms with E-state index < -0.39 is 27.4 Å². The van der Waals surface area contributed by atoms with Crippen LogP contribution in [0, 0.1) is 5.41 Å². The summed E-state index contributed by atoms with van der Waals surface area (Å²) in [5, 5.41) is 9.29. The van der Waals surface area contributed by atoms with Crippen molar-refractivity contribution in [3.05, 3.63) is 24.3 Å². The van der Waals surface area contributed by atoms with Gasteiger partial charge in [0.1, 0.15) is 11.8 Å². The van der Waals surface area contributed by atoms with Crippen molar-refractivity contribution in [3.8, 4) is 5.75 Å². The summed E-state index contributed by atoms with van der Waals surface area (Å²) in [6, 6.07) is 4.97. The molecule has 0 saturated carbocycles. The molecule has 1 aromatic carbocycles. The summed E-state index contributed by atoms with van der Waals surface area (Å²) in [5.74, 6) is -0.223. The van der Waals surface area contributed by atoms with E-state index >= 15 is 0 Å². The van der Waals surface area contributed by atoms with Crippen molar-refractivity contribution in [1.82, 2.24) is 14.7 Å². The molecule has 30 heavy (non-hydrogen) atoms. The molecule has 0 aromatic heterocycles. The standard InChI is InChI=1S/C20H33N3O6S/c1-20(2,3)18(19(24)21-25)23(11-5-10-22-12-14-29-15-13-22)30(26,27)17-8-6-16(28-4)7-9-17/h6-9,18,25H,5,10-15H2,1-4H3,(H,21,24)/t18-/m0/s1. The molecule has 10 heteroatoms. The summed E-state index contributed by atoms with van der Waals surface area (Å²) in [5.41, 5.74) is 0.897. The molecule has 1 aliphatic heterocycles. The zero-order valence-electron chi connectivity index (χ0n) is 18.1. The van der Waals surface area contributed by atoms with Crippen LogP contribution in [-0.2, 0) is 19.6 Å². The lowest BCUT2D eigenvalue weighted by Crippen LogP contribution is -2.55. The number of nitrogens with one attached hydrogen (secondary N) is 1. The second kappa shape index (κ2) is 10.5. The first-order chi connectivity index (χ1) is 14.1. The lowest BCUT2D eigenvalue weighted by molar-refractivity contribution is -0.136. The number of benzene rings is 1. The fraction of sp³-hybridized carbons (Fsp3) is 0.650. The third kappa shape index (κ3) is 6.14. The van der Waals surface area contributed by atoms with Gasteiger partial charge in [-0.15, -0.1) is 0 Å². The number of carbonyl (C=O) groups is 1. The Kier molecular flexibility index (Phi) is 8.62. The molecular weight excluding hydrogens is 410 g/mol. The number of morpholine rings is 1. The molecule has 1 aromatic rings. The van der Waals surface area contributed by atoms with Gasteiger partial charge in [-0.25, -0.2) is 13.9 Å². The molecule has 9 nitrogen and oxygen atoms in total. The Morgan fingerprint density at radius 3 is 2.37 bits per heavy atom. The van der Waals surface area contributed by atoms with Crippen LogP contribution in [0.4, 0.5) is 0 Å². The van der Waals surface area contributed by atoms with Crippen LogP contribution >= 0.6 is 0 Å². The van der Waals surface area contributed by atoms with E-state index in [9.17, 15) is 18.4 Å². The molecule has 1 amide bonds. The van der Waals surface area contributed by atoms with E-state index in [2.05, 4.69) is 4.90 Å². The second-order valence-electron chi connectivity index (χ2n) is 8.34. The minimum absolute atomic E-state index is 0.0645. The van der Waals surface area contributed by atoms with Gasteiger partial charge in [0.15, 0.2) is 0 Å². The molecule has 0 bridgehead atoms. The number of nitrogens with zero attached hydrogens (tertiary/aromatic N) is 2. The normalized spacial score (nSPS) is 17.0. The summed E-state index contributed by atoms with van der Waals surface area (Å²) in [4.78, 5) is 14.8. The van der Waals surface area contributed by atoms with E-state index in [1.165, 1.54) is 23.5 Å². The fourth-order valence-corrected chi connectivity index (χ4v) is 5.37. The molecule has 0 aliphatic carbocycles. The van der Waals surface area contributed by atoms with Crippen molar-refractivity contribution in [2.75, 3.05) is 46.5 Å². The van der Waals surface area contributed by atoms with Crippen LogP contribution < -0.4 is 10.2 Å². The molecule has 0 spiro atoms. The highest BCUT2D eigenvalue weighted by atomic mass is 32.2. The van der Waals surface area contributed by atoms with Crippen LogP contribution in [0.5, 0.6) is 5.75 Å². The van der Waals surface area contributed by atoms with E-state index in [0.29, 0.717) is 31.9 Å².